The SMILES string of the molecule is Cc1cccc2c1NCc1cncn1-2. The average molecular weight is 185 g/mol. The van der Waals surface area contributed by atoms with Crippen LogP contribution in [-0.2, 0) is 6.54 Å². The van der Waals surface area contributed by atoms with E-state index in [1.807, 2.05) is 12.5 Å². The highest BCUT2D eigenvalue weighted by molar-refractivity contribution is 5.67. The van der Waals surface area contributed by atoms with Crippen LogP contribution in [0.25, 0.3) is 5.69 Å². The van der Waals surface area contributed by atoms with Gasteiger partial charge in [-0.3, -0.25) is 4.57 Å². The van der Waals surface area contributed by atoms with Gasteiger partial charge in [0.05, 0.1) is 36.1 Å². The summed E-state index contributed by atoms with van der Waals surface area (Å²) >= 11 is 0. The van der Waals surface area contributed by atoms with Crippen molar-refractivity contribution in [3.63, 3.8) is 0 Å². The van der Waals surface area contributed by atoms with Crippen molar-refractivity contribution < 1.29 is 0 Å². The number of para-hydroxylation sites is 1. The fourth-order valence-corrected chi connectivity index (χ4v) is 1.93. The highest BCUT2D eigenvalue weighted by Crippen LogP contribution is 2.29. The molecule has 0 saturated heterocycles. The molecular formula is C11H11N3. The summed E-state index contributed by atoms with van der Waals surface area (Å²) in [6.45, 7) is 2.98. The average Bonchev–Trinajstić information content (AvgIpc) is 2.66. The Kier molecular flexibility index (Phi) is 1.42. The Labute approximate surface area is 82.4 Å². The normalized spacial score (nSPS) is 12.9. The number of rotatable bonds is 0. The van der Waals surface area contributed by atoms with Crippen molar-refractivity contribution >= 4 is 5.69 Å². The maximum Gasteiger partial charge on any atom is 0.0995 e. The standard InChI is InChI=1S/C11H11N3/c1-8-3-2-4-10-11(8)13-6-9-5-12-7-14(9)10/h2-5,7,13H,6H2,1H3. The molecule has 0 atom stereocenters. The molecule has 1 aliphatic rings. The topological polar surface area (TPSA) is 29.9 Å². The molecule has 1 aromatic heterocycles. The number of anilines is 1. The summed E-state index contributed by atoms with van der Waals surface area (Å²) in [5.41, 5.74) is 4.91. The zero-order chi connectivity index (χ0) is 9.54. The molecule has 1 N–H and O–H groups in total. The van der Waals surface area contributed by atoms with E-state index in [0.29, 0.717) is 0 Å². The first-order valence-corrected chi connectivity index (χ1v) is 4.71. The molecule has 0 spiro atoms. The quantitative estimate of drug-likeness (QED) is 0.681. The molecule has 0 unspecified atom stereocenters. The minimum atomic E-state index is 0.859. The van der Waals surface area contributed by atoms with E-state index >= 15 is 0 Å². The third-order valence-corrected chi connectivity index (χ3v) is 2.67. The minimum Gasteiger partial charge on any atom is -0.377 e. The fourth-order valence-electron chi connectivity index (χ4n) is 1.93. The molecule has 0 bridgehead atoms. The lowest BCUT2D eigenvalue weighted by molar-refractivity contribution is 0.902. The van der Waals surface area contributed by atoms with Gasteiger partial charge in [0, 0.05) is 0 Å². The summed E-state index contributed by atoms with van der Waals surface area (Å²) in [5, 5.41) is 3.41. The van der Waals surface area contributed by atoms with Crippen molar-refractivity contribution in [2.24, 2.45) is 0 Å². The van der Waals surface area contributed by atoms with E-state index in [-0.39, 0.29) is 0 Å². The van der Waals surface area contributed by atoms with Crippen LogP contribution in [-0.4, -0.2) is 9.55 Å². The number of aromatic nitrogens is 2. The van der Waals surface area contributed by atoms with Gasteiger partial charge in [0.15, 0.2) is 0 Å². The van der Waals surface area contributed by atoms with E-state index in [1.165, 1.54) is 22.6 Å². The number of imidazole rings is 1. The number of benzene rings is 1. The van der Waals surface area contributed by atoms with Gasteiger partial charge >= 0.3 is 0 Å². The van der Waals surface area contributed by atoms with Crippen molar-refractivity contribution in [3.8, 4) is 5.69 Å². The number of hydrogen-bond donors (Lipinski definition) is 1. The molecule has 70 valence electrons. The van der Waals surface area contributed by atoms with Gasteiger partial charge in [0.1, 0.15) is 0 Å². The number of fused-ring (bicyclic) bond motifs is 3. The fraction of sp³-hybridized carbons (Fsp3) is 0.182. The Balaban J connectivity index is 2.31. The molecule has 0 aliphatic carbocycles. The Morgan fingerprint density at radius 2 is 2.36 bits per heavy atom. The van der Waals surface area contributed by atoms with Crippen LogP contribution < -0.4 is 5.32 Å². The molecule has 1 aliphatic heterocycles. The van der Waals surface area contributed by atoms with Crippen molar-refractivity contribution in [2.75, 3.05) is 5.32 Å². The van der Waals surface area contributed by atoms with Crippen LogP contribution in [0.1, 0.15) is 11.3 Å². The lowest BCUT2D eigenvalue weighted by Crippen LogP contribution is -2.14. The second-order valence-electron chi connectivity index (χ2n) is 3.58. The molecule has 0 amide bonds. The summed E-state index contributed by atoms with van der Waals surface area (Å²) in [5.74, 6) is 0. The number of aryl methyl sites for hydroxylation is 1. The van der Waals surface area contributed by atoms with E-state index in [1.54, 1.807) is 0 Å². The van der Waals surface area contributed by atoms with E-state index in [0.717, 1.165) is 6.54 Å². The lowest BCUT2D eigenvalue weighted by atomic mass is 10.1. The first kappa shape index (κ1) is 7.62. The summed E-state index contributed by atoms with van der Waals surface area (Å²) in [7, 11) is 0. The Hall–Kier alpha value is -1.77. The summed E-state index contributed by atoms with van der Waals surface area (Å²) in [6, 6.07) is 6.30. The van der Waals surface area contributed by atoms with E-state index in [4.69, 9.17) is 0 Å². The number of nitrogens with one attached hydrogen (secondary N) is 1. The van der Waals surface area contributed by atoms with Crippen LogP contribution in [0.3, 0.4) is 0 Å². The van der Waals surface area contributed by atoms with Gasteiger partial charge in [0.25, 0.3) is 0 Å². The molecule has 0 fully saturated rings. The van der Waals surface area contributed by atoms with E-state index < -0.39 is 0 Å². The third kappa shape index (κ3) is 0.894. The third-order valence-electron chi connectivity index (χ3n) is 2.67. The lowest BCUT2D eigenvalue weighted by Gasteiger charge is -2.21. The van der Waals surface area contributed by atoms with Crippen LogP contribution in [0.5, 0.6) is 0 Å². The zero-order valence-corrected chi connectivity index (χ0v) is 7.99. The monoisotopic (exact) mass is 185 g/mol. The molecular weight excluding hydrogens is 174 g/mol. The molecule has 14 heavy (non-hydrogen) atoms. The molecule has 2 heterocycles. The highest BCUT2D eigenvalue weighted by atomic mass is 15.1. The van der Waals surface area contributed by atoms with Crippen LogP contribution in [0.4, 0.5) is 5.69 Å². The summed E-state index contributed by atoms with van der Waals surface area (Å²) < 4.78 is 2.14. The molecule has 0 saturated carbocycles. The Bertz CT molecular complexity index is 485. The van der Waals surface area contributed by atoms with Crippen LogP contribution >= 0.6 is 0 Å². The van der Waals surface area contributed by atoms with Gasteiger partial charge in [-0.05, 0) is 18.6 Å². The van der Waals surface area contributed by atoms with Crippen molar-refractivity contribution in [1.29, 1.82) is 0 Å². The van der Waals surface area contributed by atoms with Gasteiger partial charge < -0.3 is 5.32 Å². The second kappa shape index (κ2) is 2.61. The van der Waals surface area contributed by atoms with Gasteiger partial charge in [-0.25, -0.2) is 4.98 Å². The first-order chi connectivity index (χ1) is 6.86. The summed E-state index contributed by atoms with van der Waals surface area (Å²) in [6.07, 6.45) is 3.77. The number of hydrogen-bond acceptors (Lipinski definition) is 2. The maximum atomic E-state index is 4.16. The predicted octanol–water partition coefficient (Wildman–Crippen LogP) is 2.11. The van der Waals surface area contributed by atoms with Crippen molar-refractivity contribution in [3.05, 3.63) is 42.0 Å². The first-order valence-electron chi connectivity index (χ1n) is 4.71. The molecule has 2 aromatic rings. The predicted molar refractivity (Wildman–Crippen MR) is 55.6 cm³/mol. The van der Waals surface area contributed by atoms with Crippen molar-refractivity contribution in [2.45, 2.75) is 13.5 Å². The Morgan fingerprint density at radius 1 is 1.43 bits per heavy atom. The molecule has 1 aromatic carbocycles. The second-order valence-corrected chi connectivity index (χ2v) is 3.58. The zero-order valence-electron chi connectivity index (χ0n) is 7.99. The maximum absolute atomic E-state index is 4.16. The van der Waals surface area contributed by atoms with Gasteiger partial charge in [-0.2, -0.15) is 0 Å². The molecule has 3 nitrogen and oxygen atoms in total. The molecule has 0 radical (unpaired) electrons. The molecule has 3 heteroatoms. The smallest absolute Gasteiger partial charge is 0.0995 e. The van der Waals surface area contributed by atoms with Gasteiger partial charge in [0.2, 0.25) is 0 Å². The molecule has 3 rings (SSSR count). The highest BCUT2D eigenvalue weighted by Gasteiger charge is 2.15. The van der Waals surface area contributed by atoms with Crippen molar-refractivity contribution in [1.82, 2.24) is 9.55 Å². The van der Waals surface area contributed by atoms with Gasteiger partial charge in [-0.1, -0.05) is 12.1 Å². The van der Waals surface area contributed by atoms with Crippen LogP contribution in [0.15, 0.2) is 30.7 Å². The van der Waals surface area contributed by atoms with E-state index in [2.05, 4.69) is 40.0 Å². The van der Waals surface area contributed by atoms with E-state index in [9.17, 15) is 0 Å². The largest absolute Gasteiger partial charge is 0.377 e. The number of nitrogens with zero attached hydrogens (tertiary/aromatic N) is 2. The summed E-state index contributed by atoms with van der Waals surface area (Å²) in [4.78, 5) is 4.16. The Morgan fingerprint density at radius 3 is 3.29 bits per heavy atom. The van der Waals surface area contributed by atoms with Crippen LogP contribution in [0.2, 0.25) is 0 Å². The van der Waals surface area contributed by atoms with Gasteiger partial charge in [-0.15, -0.1) is 0 Å². The van der Waals surface area contributed by atoms with Crippen LogP contribution in [0, 0.1) is 6.92 Å². The minimum absolute atomic E-state index is 0.859.